The number of hydrogen-bond donors (Lipinski definition) is 0. The Morgan fingerprint density at radius 2 is 1.86 bits per heavy atom. The van der Waals surface area contributed by atoms with Crippen molar-refractivity contribution in [3.63, 3.8) is 0 Å². The number of rotatable bonds is 5. The zero-order chi connectivity index (χ0) is 11.2. The van der Waals surface area contributed by atoms with E-state index in [1.54, 1.807) is 0 Å². The van der Waals surface area contributed by atoms with E-state index in [-0.39, 0.29) is 0 Å². The van der Waals surface area contributed by atoms with Crippen LogP contribution in [0.5, 0.6) is 0 Å². The topological polar surface area (TPSA) is 0 Å². The highest BCUT2D eigenvalue weighted by molar-refractivity contribution is 9.11. The summed E-state index contributed by atoms with van der Waals surface area (Å²) in [6.07, 6.45) is 7.55. The molecule has 0 rings (SSSR count). The molecule has 0 N–H and O–H groups in total. The third kappa shape index (κ3) is 5.85. The molecule has 0 aromatic rings. The summed E-state index contributed by atoms with van der Waals surface area (Å²) in [5.74, 6) is 0.615. The van der Waals surface area contributed by atoms with Gasteiger partial charge < -0.3 is 0 Å². The average Bonchev–Trinajstić information content (AvgIpc) is 2.09. The fraction of sp³-hybridized carbons (Fsp3) is 0.846. The van der Waals surface area contributed by atoms with Gasteiger partial charge in [0.2, 0.25) is 0 Å². The molecule has 0 saturated carbocycles. The van der Waals surface area contributed by atoms with E-state index in [1.807, 2.05) is 0 Å². The van der Waals surface area contributed by atoms with Gasteiger partial charge in [-0.3, -0.25) is 0 Å². The molecule has 1 unspecified atom stereocenters. The lowest BCUT2D eigenvalue weighted by atomic mass is 9.82. The van der Waals surface area contributed by atoms with Crippen molar-refractivity contribution in [2.45, 2.75) is 60.3 Å². The molecule has 0 spiro atoms. The van der Waals surface area contributed by atoms with Gasteiger partial charge in [-0.2, -0.15) is 0 Å². The monoisotopic (exact) mass is 260 g/mol. The van der Waals surface area contributed by atoms with Gasteiger partial charge in [0.05, 0.1) is 0 Å². The fourth-order valence-corrected chi connectivity index (χ4v) is 2.14. The number of allylic oxidation sites excluding steroid dienone is 2. The normalized spacial score (nSPS) is 15.7. The molecule has 0 amide bonds. The van der Waals surface area contributed by atoms with E-state index in [4.69, 9.17) is 0 Å². The molecule has 0 aromatic heterocycles. The van der Waals surface area contributed by atoms with E-state index in [0.29, 0.717) is 11.3 Å². The van der Waals surface area contributed by atoms with Gasteiger partial charge in [0.1, 0.15) is 0 Å². The zero-order valence-corrected chi connectivity index (χ0v) is 11.9. The van der Waals surface area contributed by atoms with E-state index in [1.165, 1.54) is 30.2 Å². The average molecular weight is 261 g/mol. The first kappa shape index (κ1) is 14.2. The summed E-state index contributed by atoms with van der Waals surface area (Å²) in [6.45, 7) is 11.4. The molecule has 1 atom stereocenters. The second-order valence-electron chi connectivity index (χ2n) is 5.17. The zero-order valence-electron chi connectivity index (χ0n) is 10.4. The molecule has 1 heteroatoms. The van der Waals surface area contributed by atoms with Gasteiger partial charge in [-0.25, -0.2) is 0 Å². The second kappa shape index (κ2) is 6.66. The Kier molecular flexibility index (Phi) is 6.76. The van der Waals surface area contributed by atoms with Crippen molar-refractivity contribution in [1.82, 2.24) is 0 Å². The smallest absolute Gasteiger partial charge is 0.00558 e. The Balaban J connectivity index is 3.98. The summed E-state index contributed by atoms with van der Waals surface area (Å²) in [5, 5.41) is 0. The maximum atomic E-state index is 3.69. The summed E-state index contributed by atoms with van der Waals surface area (Å²) in [6, 6.07) is 0. The predicted octanol–water partition coefficient (Wildman–Crippen LogP) is 5.53. The SMILES string of the molecule is CCCCCC=C(Br)C(C)C(C)(C)C. The third-order valence-electron chi connectivity index (χ3n) is 2.86. The summed E-state index contributed by atoms with van der Waals surface area (Å²) >= 11 is 3.69. The van der Waals surface area contributed by atoms with Crippen molar-refractivity contribution >= 4 is 15.9 Å². The van der Waals surface area contributed by atoms with Gasteiger partial charge in [-0.05, 0) is 28.7 Å². The third-order valence-corrected chi connectivity index (χ3v) is 3.87. The summed E-state index contributed by atoms with van der Waals surface area (Å²) in [7, 11) is 0. The minimum absolute atomic E-state index is 0.361. The molecule has 0 radical (unpaired) electrons. The van der Waals surface area contributed by atoms with Crippen LogP contribution in [0.1, 0.15) is 60.3 Å². The van der Waals surface area contributed by atoms with Gasteiger partial charge in [-0.15, -0.1) is 0 Å². The quantitative estimate of drug-likeness (QED) is 0.571. The maximum Gasteiger partial charge on any atom is -0.00558 e. The van der Waals surface area contributed by atoms with Gasteiger partial charge >= 0.3 is 0 Å². The molecule has 0 heterocycles. The summed E-state index contributed by atoms with van der Waals surface area (Å²) in [5.41, 5.74) is 0.361. The first-order chi connectivity index (χ1) is 6.39. The first-order valence-corrected chi connectivity index (χ1v) is 6.54. The minimum atomic E-state index is 0.361. The molecule has 0 bridgehead atoms. The van der Waals surface area contributed by atoms with Crippen LogP contribution in [0.15, 0.2) is 10.6 Å². The van der Waals surface area contributed by atoms with Crippen LogP contribution in [0, 0.1) is 11.3 Å². The van der Waals surface area contributed by atoms with Crippen LogP contribution in [0.3, 0.4) is 0 Å². The van der Waals surface area contributed by atoms with Gasteiger partial charge in [0.25, 0.3) is 0 Å². The first-order valence-electron chi connectivity index (χ1n) is 5.75. The number of hydrogen-bond acceptors (Lipinski definition) is 0. The lowest BCUT2D eigenvalue weighted by Gasteiger charge is -2.27. The van der Waals surface area contributed by atoms with Crippen LogP contribution in [0.2, 0.25) is 0 Å². The lowest BCUT2D eigenvalue weighted by molar-refractivity contribution is 0.311. The Labute approximate surface area is 98.3 Å². The number of unbranched alkanes of at least 4 members (excludes halogenated alkanes) is 3. The van der Waals surface area contributed by atoms with Gasteiger partial charge in [0.15, 0.2) is 0 Å². The molecule has 84 valence electrons. The summed E-state index contributed by atoms with van der Waals surface area (Å²) in [4.78, 5) is 0. The van der Waals surface area contributed by atoms with Crippen molar-refractivity contribution in [3.05, 3.63) is 10.6 Å². The molecule has 14 heavy (non-hydrogen) atoms. The van der Waals surface area contributed by atoms with E-state index in [2.05, 4.69) is 56.6 Å². The van der Waals surface area contributed by atoms with Crippen molar-refractivity contribution < 1.29 is 0 Å². The highest BCUT2D eigenvalue weighted by Crippen LogP contribution is 2.34. The van der Waals surface area contributed by atoms with Crippen LogP contribution in [-0.4, -0.2) is 0 Å². The van der Waals surface area contributed by atoms with Gasteiger partial charge in [0, 0.05) is 0 Å². The lowest BCUT2D eigenvalue weighted by Crippen LogP contribution is -2.17. The molecular weight excluding hydrogens is 236 g/mol. The Morgan fingerprint density at radius 3 is 2.29 bits per heavy atom. The molecule has 0 aliphatic carbocycles. The molecule has 0 saturated heterocycles. The van der Waals surface area contributed by atoms with Crippen molar-refractivity contribution in [2.75, 3.05) is 0 Å². The molecule has 0 fully saturated rings. The molecule has 0 aliphatic heterocycles. The Bertz CT molecular complexity index is 174. The predicted molar refractivity (Wildman–Crippen MR) is 69.8 cm³/mol. The van der Waals surface area contributed by atoms with Crippen molar-refractivity contribution in [2.24, 2.45) is 11.3 Å². The number of halogens is 1. The van der Waals surface area contributed by atoms with E-state index in [9.17, 15) is 0 Å². The van der Waals surface area contributed by atoms with Gasteiger partial charge in [-0.1, -0.05) is 69.5 Å². The van der Waals surface area contributed by atoms with E-state index < -0.39 is 0 Å². The van der Waals surface area contributed by atoms with Crippen molar-refractivity contribution in [1.29, 1.82) is 0 Å². The highest BCUT2D eigenvalue weighted by Gasteiger charge is 2.21. The fourth-order valence-electron chi connectivity index (χ4n) is 1.22. The molecule has 0 nitrogen and oxygen atoms in total. The molecule has 0 aromatic carbocycles. The highest BCUT2D eigenvalue weighted by atomic mass is 79.9. The van der Waals surface area contributed by atoms with Crippen LogP contribution >= 0.6 is 15.9 Å². The second-order valence-corrected chi connectivity index (χ2v) is 6.09. The Morgan fingerprint density at radius 1 is 1.29 bits per heavy atom. The Hall–Kier alpha value is 0.220. The van der Waals surface area contributed by atoms with Crippen molar-refractivity contribution in [3.8, 4) is 0 Å². The van der Waals surface area contributed by atoms with Crippen LogP contribution < -0.4 is 0 Å². The van der Waals surface area contributed by atoms with Crippen LogP contribution in [-0.2, 0) is 0 Å². The van der Waals surface area contributed by atoms with E-state index in [0.717, 1.165) is 0 Å². The van der Waals surface area contributed by atoms with E-state index >= 15 is 0 Å². The molecular formula is C13H25Br. The standard InChI is InChI=1S/C13H25Br/c1-6-7-8-9-10-12(14)11(2)13(3,4)5/h10-11H,6-9H2,1-5H3. The summed E-state index contributed by atoms with van der Waals surface area (Å²) < 4.78 is 1.38. The van der Waals surface area contributed by atoms with Crippen LogP contribution in [0.4, 0.5) is 0 Å². The largest absolute Gasteiger partial charge is 0.0741 e. The van der Waals surface area contributed by atoms with Crippen LogP contribution in [0.25, 0.3) is 0 Å². The minimum Gasteiger partial charge on any atom is -0.0741 e. The molecule has 0 aliphatic rings. The maximum absolute atomic E-state index is 3.69.